The van der Waals surface area contributed by atoms with Crippen LogP contribution in [0.3, 0.4) is 0 Å². The number of rotatable bonds is 12. The maximum Gasteiger partial charge on any atom is 0.225 e. The lowest BCUT2D eigenvalue weighted by Crippen LogP contribution is -2.35. The molecule has 0 saturated heterocycles. The van der Waals surface area contributed by atoms with Crippen molar-refractivity contribution in [2.45, 2.75) is 86.1 Å². The molecule has 190 valence electrons. The van der Waals surface area contributed by atoms with Crippen LogP contribution in [0.4, 0.5) is 0 Å². The van der Waals surface area contributed by atoms with Crippen LogP contribution >= 0.6 is 0 Å². The van der Waals surface area contributed by atoms with E-state index in [1.165, 1.54) is 16.6 Å². The maximum absolute atomic E-state index is 12.0. The number of imidazole rings is 1. The van der Waals surface area contributed by atoms with E-state index in [9.17, 15) is 4.79 Å². The van der Waals surface area contributed by atoms with Gasteiger partial charge in [0.1, 0.15) is 11.6 Å². The number of nitrogens with zero attached hydrogens (tertiary/aromatic N) is 2. The second-order valence-electron chi connectivity index (χ2n) is 10.9. The van der Waals surface area contributed by atoms with E-state index in [0.717, 1.165) is 62.3 Å². The molecule has 1 heterocycles. The molecule has 0 aliphatic carbocycles. The molecule has 3 rings (SSSR count). The first-order chi connectivity index (χ1) is 16.7. The lowest BCUT2D eigenvalue weighted by molar-refractivity contribution is -0.128. The highest BCUT2D eigenvalue weighted by atomic mass is 16.5. The minimum atomic E-state index is -0.329. The summed E-state index contributed by atoms with van der Waals surface area (Å²) in [6, 6.07) is 14.9. The third kappa shape index (κ3) is 7.58. The molecule has 0 atom stereocenters. The summed E-state index contributed by atoms with van der Waals surface area (Å²) >= 11 is 0. The van der Waals surface area contributed by atoms with Crippen molar-refractivity contribution in [2.24, 2.45) is 5.41 Å². The maximum atomic E-state index is 12.0. The molecule has 1 amide bonds. The molecule has 0 spiro atoms. The number of unbranched alkanes of at least 4 members (excludes halogenated alkanes) is 2. The molecule has 1 N–H and O–H groups in total. The van der Waals surface area contributed by atoms with Gasteiger partial charge < -0.3 is 14.6 Å². The van der Waals surface area contributed by atoms with Crippen molar-refractivity contribution < 1.29 is 9.53 Å². The fourth-order valence-electron chi connectivity index (χ4n) is 4.27. The molecule has 5 heteroatoms. The van der Waals surface area contributed by atoms with Crippen LogP contribution in [0.1, 0.15) is 83.2 Å². The molecule has 0 aliphatic heterocycles. The van der Waals surface area contributed by atoms with Crippen molar-refractivity contribution in [1.82, 2.24) is 14.9 Å². The molecular weight excluding hydrogens is 434 g/mol. The predicted molar refractivity (Wildman–Crippen MR) is 145 cm³/mol. The molecular formula is C30H43N3O2. The number of aromatic nitrogens is 2. The summed E-state index contributed by atoms with van der Waals surface area (Å²) in [7, 11) is 0. The van der Waals surface area contributed by atoms with E-state index < -0.39 is 0 Å². The Kier molecular flexibility index (Phi) is 9.36. The number of carbonyl (C=O) groups is 1. The highest BCUT2D eigenvalue weighted by Crippen LogP contribution is 2.28. The van der Waals surface area contributed by atoms with E-state index in [1.54, 1.807) is 0 Å². The van der Waals surface area contributed by atoms with Crippen molar-refractivity contribution in [3.05, 3.63) is 59.4 Å². The molecule has 5 nitrogen and oxygen atoms in total. The van der Waals surface area contributed by atoms with Crippen molar-refractivity contribution >= 4 is 16.9 Å². The molecule has 0 fully saturated rings. The minimum absolute atomic E-state index is 0.118. The van der Waals surface area contributed by atoms with Gasteiger partial charge >= 0.3 is 0 Å². The van der Waals surface area contributed by atoms with E-state index in [1.807, 2.05) is 20.8 Å². The average molecular weight is 478 g/mol. The molecule has 3 aromatic rings. The summed E-state index contributed by atoms with van der Waals surface area (Å²) in [5.41, 5.74) is 4.41. The fourth-order valence-corrected chi connectivity index (χ4v) is 4.27. The number of para-hydroxylation sites is 2. The molecule has 0 bridgehead atoms. The second kappa shape index (κ2) is 12.2. The van der Waals surface area contributed by atoms with Gasteiger partial charge in [0.2, 0.25) is 5.91 Å². The highest BCUT2D eigenvalue weighted by molar-refractivity contribution is 5.81. The first kappa shape index (κ1) is 26.8. The third-order valence-electron chi connectivity index (χ3n) is 6.35. The van der Waals surface area contributed by atoms with Crippen LogP contribution in [-0.2, 0) is 17.8 Å². The lowest BCUT2D eigenvalue weighted by atomic mass is 9.96. The molecule has 0 aliphatic rings. The van der Waals surface area contributed by atoms with Crippen LogP contribution in [-0.4, -0.2) is 28.6 Å². The number of benzene rings is 2. The summed E-state index contributed by atoms with van der Waals surface area (Å²) in [6.07, 6.45) is 4.99. The number of aryl methyl sites for hydroxylation is 3. The Morgan fingerprint density at radius 3 is 2.57 bits per heavy atom. The van der Waals surface area contributed by atoms with Crippen molar-refractivity contribution in [1.29, 1.82) is 0 Å². The lowest BCUT2D eigenvalue weighted by Gasteiger charge is -2.17. The monoisotopic (exact) mass is 477 g/mol. The van der Waals surface area contributed by atoms with E-state index in [0.29, 0.717) is 12.5 Å². The van der Waals surface area contributed by atoms with Crippen molar-refractivity contribution in [3.63, 3.8) is 0 Å². The standard InChI is InChI=1S/C30H43N3O2/c1-22(2)24-17-16-23(3)21-27(24)35-20-12-19-33-26-14-10-9-13-25(26)32-28(33)15-8-7-11-18-31-29(34)30(4,5)6/h9-10,13-14,16-17,21-22H,7-8,11-12,15,18-20H2,1-6H3,(H,31,34). The number of ether oxygens (including phenoxy) is 1. The Labute approximate surface area is 211 Å². The molecule has 1 aromatic heterocycles. The number of carbonyl (C=O) groups excluding carboxylic acids is 1. The molecule has 0 saturated carbocycles. The van der Waals surface area contributed by atoms with E-state index in [-0.39, 0.29) is 11.3 Å². The summed E-state index contributed by atoms with van der Waals surface area (Å²) < 4.78 is 8.59. The fraction of sp³-hybridized carbons (Fsp3) is 0.533. The zero-order valence-corrected chi connectivity index (χ0v) is 22.5. The van der Waals surface area contributed by atoms with Gasteiger partial charge in [-0.25, -0.2) is 4.98 Å². The van der Waals surface area contributed by atoms with Gasteiger partial charge in [-0.3, -0.25) is 4.79 Å². The quantitative estimate of drug-likeness (QED) is 0.291. The summed E-state index contributed by atoms with van der Waals surface area (Å²) in [4.78, 5) is 16.9. The number of nitrogens with one attached hydrogen (secondary N) is 1. The van der Waals surface area contributed by atoms with Gasteiger partial charge in [-0.1, -0.05) is 65.3 Å². The third-order valence-corrected chi connectivity index (χ3v) is 6.35. The van der Waals surface area contributed by atoms with Gasteiger partial charge in [-0.05, 0) is 61.4 Å². The summed E-state index contributed by atoms with van der Waals surface area (Å²) in [5, 5.41) is 3.04. The van der Waals surface area contributed by atoms with Crippen LogP contribution in [0.25, 0.3) is 11.0 Å². The van der Waals surface area contributed by atoms with E-state index in [4.69, 9.17) is 9.72 Å². The van der Waals surface area contributed by atoms with Crippen LogP contribution in [0, 0.1) is 12.3 Å². The molecule has 35 heavy (non-hydrogen) atoms. The Balaban J connectivity index is 1.54. The van der Waals surface area contributed by atoms with Gasteiger partial charge in [-0.15, -0.1) is 0 Å². The summed E-state index contributed by atoms with van der Waals surface area (Å²) in [5.74, 6) is 2.71. The highest BCUT2D eigenvalue weighted by Gasteiger charge is 2.20. The van der Waals surface area contributed by atoms with Crippen LogP contribution < -0.4 is 10.1 Å². The van der Waals surface area contributed by atoms with Crippen LogP contribution in [0.5, 0.6) is 5.75 Å². The SMILES string of the molecule is Cc1ccc(C(C)C)c(OCCCn2c(CCCCCNC(=O)C(C)(C)C)nc3ccccc32)c1. The molecule has 0 radical (unpaired) electrons. The zero-order chi connectivity index (χ0) is 25.4. The first-order valence-corrected chi connectivity index (χ1v) is 13.1. The Hall–Kier alpha value is -2.82. The number of fused-ring (bicyclic) bond motifs is 1. The summed E-state index contributed by atoms with van der Waals surface area (Å²) in [6.45, 7) is 14.7. The number of hydrogen-bond donors (Lipinski definition) is 1. The Morgan fingerprint density at radius 2 is 1.83 bits per heavy atom. The average Bonchev–Trinajstić information content (AvgIpc) is 3.15. The van der Waals surface area contributed by atoms with Gasteiger partial charge in [0, 0.05) is 24.9 Å². The largest absolute Gasteiger partial charge is 0.493 e. The Bertz CT molecular complexity index is 1110. The Morgan fingerprint density at radius 1 is 1.06 bits per heavy atom. The van der Waals surface area contributed by atoms with E-state index >= 15 is 0 Å². The van der Waals surface area contributed by atoms with Crippen LogP contribution in [0.2, 0.25) is 0 Å². The minimum Gasteiger partial charge on any atom is -0.493 e. The predicted octanol–water partition coefficient (Wildman–Crippen LogP) is 6.81. The molecule has 2 aromatic carbocycles. The van der Waals surface area contributed by atoms with Gasteiger partial charge in [0.15, 0.2) is 0 Å². The van der Waals surface area contributed by atoms with Gasteiger partial charge in [-0.2, -0.15) is 0 Å². The zero-order valence-electron chi connectivity index (χ0n) is 22.5. The van der Waals surface area contributed by atoms with Crippen molar-refractivity contribution in [3.8, 4) is 5.75 Å². The second-order valence-corrected chi connectivity index (χ2v) is 10.9. The van der Waals surface area contributed by atoms with E-state index in [2.05, 4.69) is 73.1 Å². The number of hydrogen-bond acceptors (Lipinski definition) is 3. The normalized spacial score (nSPS) is 11.9. The first-order valence-electron chi connectivity index (χ1n) is 13.1. The topological polar surface area (TPSA) is 56.1 Å². The van der Waals surface area contributed by atoms with Gasteiger partial charge in [0.05, 0.1) is 17.6 Å². The number of amides is 1. The van der Waals surface area contributed by atoms with Crippen molar-refractivity contribution in [2.75, 3.05) is 13.2 Å². The van der Waals surface area contributed by atoms with Crippen LogP contribution in [0.15, 0.2) is 42.5 Å². The van der Waals surface area contributed by atoms with Gasteiger partial charge in [0.25, 0.3) is 0 Å². The smallest absolute Gasteiger partial charge is 0.225 e. The molecule has 0 unspecified atom stereocenters.